The molecule has 2 rings (SSSR count). The second-order valence-corrected chi connectivity index (χ2v) is 5.13. The zero-order valence-electron chi connectivity index (χ0n) is 10.7. The van der Waals surface area contributed by atoms with Crippen LogP contribution in [-0.2, 0) is 11.2 Å². The van der Waals surface area contributed by atoms with Gasteiger partial charge in [0.15, 0.2) is 0 Å². The van der Waals surface area contributed by atoms with Crippen LogP contribution in [0.4, 0.5) is 8.78 Å². The van der Waals surface area contributed by atoms with E-state index in [0.29, 0.717) is 5.56 Å². The van der Waals surface area contributed by atoms with E-state index in [4.69, 9.17) is 5.73 Å². The Kier molecular flexibility index (Phi) is 4.47. The minimum absolute atomic E-state index is 0.00274. The summed E-state index contributed by atoms with van der Waals surface area (Å²) in [5.41, 5.74) is 6.14. The topological polar surface area (TPSA) is 55.1 Å². The molecule has 0 radical (unpaired) electrons. The predicted octanol–water partition coefficient (Wildman–Crippen LogP) is 1.89. The van der Waals surface area contributed by atoms with E-state index in [9.17, 15) is 13.6 Å². The fourth-order valence-corrected chi connectivity index (χ4v) is 2.44. The summed E-state index contributed by atoms with van der Waals surface area (Å²) in [5.74, 6) is -1.52. The number of nitrogens with one attached hydrogen (secondary N) is 1. The largest absolute Gasteiger partial charge is 0.353 e. The molecular formula is C14H18F2N2O. The van der Waals surface area contributed by atoms with Gasteiger partial charge in [0.25, 0.3) is 0 Å². The van der Waals surface area contributed by atoms with E-state index in [1.165, 1.54) is 12.1 Å². The van der Waals surface area contributed by atoms with Crippen molar-refractivity contribution in [1.82, 2.24) is 5.32 Å². The summed E-state index contributed by atoms with van der Waals surface area (Å²) in [5, 5.41) is 2.89. The van der Waals surface area contributed by atoms with Crippen LogP contribution in [-0.4, -0.2) is 18.0 Å². The number of hydrogen-bond acceptors (Lipinski definition) is 2. The molecule has 0 saturated heterocycles. The van der Waals surface area contributed by atoms with Gasteiger partial charge in [0.1, 0.15) is 11.6 Å². The lowest BCUT2D eigenvalue weighted by molar-refractivity contribution is -0.121. The van der Waals surface area contributed by atoms with E-state index in [0.717, 1.165) is 31.7 Å². The van der Waals surface area contributed by atoms with Gasteiger partial charge in [-0.05, 0) is 43.4 Å². The monoisotopic (exact) mass is 268 g/mol. The van der Waals surface area contributed by atoms with E-state index in [1.54, 1.807) is 0 Å². The summed E-state index contributed by atoms with van der Waals surface area (Å²) in [6, 6.07) is 3.51. The van der Waals surface area contributed by atoms with Gasteiger partial charge in [-0.2, -0.15) is 0 Å². The third-order valence-electron chi connectivity index (χ3n) is 3.42. The molecule has 0 unspecified atom stereocenters. The third-order valence-corrected chi connectivity index (χ3v) is 3.42. The van der Waals surface area contributed by atoms with Gasteiger partial charge < -0.3 is 11.1 Å². The summed E-state index contributed by atoms with van der Waals surface area (Å²) >= 11 is 0. The molecule has 0 heterocycles. The first-order valence-electron chi connectivity index (χ1n) is 6.53. The Bertz CT molecular complexity index is 437. The Hall–Kier alpha value is -1.49. The zero-order chi connectivity index (χ0) is 13.8. The first kappa shape index (κ1) is 13.9. The van der Waals surface area contributed by atoms with Gasteiger partial charge in [-0.3, -0.25) is 4.79 Å². The maximum Gasteiger partial charge on any atom is 0.224 e. The average Bonchev–Trinajstić information content (AvgIpc) is 2.30. The van der Waals surface area contributed by atoms with Crippen molar-refractivity contribution in [3.8, 4) is 0 Å². The van der Waals surface area contributed by atoms with Crippen LogP contribution >= 0.6 is 0 Å². The number of carbonyl (C=O) groups excluding carboxylic acids is 1. The molecule has 1 fully saturated rings. The minimum Gasteiger partial charge on any atom is -0.353 e. The SMILES string of the molecule is NC1CCC(NC(=O)Cc2cc(F)cc(F)c2)CC1. The highest BCUT2D eigenvalue weighted by atomic mass is 19.1. The van der Waals surface area contributed by atoms with E-state index in [2.05, 4.69) is 5.32 Å². The molecule has 1 saturated carbocycles. The molecular weight excluding hydrogens is 250 g/mol. The number of benzene rings is 1. The van der Waals surface area contributed by atoms with Crippen molar-refractivity contribution in [1.29, 1.82) is 0 Å². The predicted molar refractivity (Wildman–Crippen MR) is 68.4 cm³/mol. The maximum absolute atomic E-state index is 13.0. The molecule has 0 atom stereocenters. The quantitative estimate of drug-likeness (QED) is 0.879. The van der Waals surface area contributed by atoms with Crippen LogP contribution in [0.5, 0.6) is 0 Å². The van der Waals surface area contributed by atoms with Gasteiger partial charge in [0, 0.05) is 18.2 Å². The Morgan fingerprint density at radius 1 is 1.16 bits per heavy atom. The van der Waals surface area contributed by atoms with Gasteiger partial charge in [-0.15, -0.1) is 0 Å². The summed E-state index contributed by atoms with van der Waals surface area (Å²) in [6.07, 6.45) is 3.53. The van der Waals surface area contributed by atoms with Crippen molar-refractivity contribution < 1.29 is 13.6 Å². The molecule has 1 aromatic rings. The maximum atomic E-state index is 13.0. The van der Waals surface area contributed by atoms with Crippen LogP contribution in [0.2, 0.25) is 0 Å². The van der Waals surface area contributed by atoms with Crippen molar-refractivity contribution in [2.45, 2.75) is 44.2 Å². The highest BCUT2D eigenvalue weighted by molar-refractivity contribution is 5.78. The molecule has 1 aliphatic carbocycles. The molecule has 0 bridgehead atoms. The molecule has 1 amide bonds. The van der Waals surface area contributed by atoms with Gasteiger partial charge in [-0.1, -0.05) is 0 Å². The zero-order valence-corrected chi connectivity index (χ0v) is 10.7. The summed E-state index contributed by atoms with van der Waals surface area (Å²) in [6.45, 7) is 0. The van der Waals surface area contributed by atoms with Crippen LogP contribution in [0.25, 0.3) is 0 Å². The summed E-state index contributed by atoms with van der Waals surface area (Å²) in [7, 11) is 0. The van der Waals surface area contributed by atoms with Gasteiger partial charge in [0.2, 0.25) is 5.91 Å². The molecule has 0 aliphatic heterocycles. The molecule has 104 valence electrons. The normalized spacial score (nSPS) is 23.1. The fourth-order valence-electron chi connectivity index (χ4n) is 2.44. The molecule has 19 heavy (non-hydrogen) atoms. The molecule has 0 spiro atoms. The van der Waals surface area contributed by atoms with E-state index < -0.39 is 11.6 Å². The average molecular weight is 268 g/mol. The number of nitrogens with two attached hydrogens (primary N) is 1. The van der Waals surface area contributed by atoms with Crippen molar-refractivity contribution in [2.75, 3.05) is 0 Å². The second-order valence-electron chi connectivity index (χ2n) is 5.13. The Morgan fingerprint density at radius 3 is 2.32 bits per heavy atom. The fraction of sp³-hybridized carbons (Fsp3) is 0.500. The Morgan fingerprint density at radius 2 is 1.74 bits per heavy atom. The number of amides is 1. The number of carbonyl (C=O) groups is 1. The standard InChI is InChI=1S/C14H18F2N2O/c15-10-5-9(6-11(16)8-10)7-14(19)18-13-3-1-12(17)2-4-13/h5-6,8,12-13H,1-4,7,17H2,(H,18,19). The number of halogens is 2. The van der Waals surface area contributed by atoms with E-state index in [-0.39, 0.29) is 24.4 Å². The van der Waals surface area contributed by atoms with Gasteiger partial charge >= 0.3 is 0 Å². The molecule has 1 aromatic carbocycles. The Labute approximate surface area is 111 Å². The number of hydrogen-bond donors (Lipinski definition) is 2. The molecule has 0 aromatic heterocycles. The third kappa shape index (κ3) is 4.28. The van der Waals surface area contributed by atoms with E-state index >= 15 is 0 Å². The van der Waals surface area contributed by atoms with Crippen molar-refractivity contribution >= 4 is 5.91 Å². The first-order chi connectivity index (χ1) is 9.02. The van der Waals surface area contributed by atoms with E-state index in [1.807, 2.05) is 0 Å². The highest BCUT2D eigenvalue weighted by Gasteiger charge is 2.20. The molecule has 3 nitrogen and oxygen atoms in total. The lowest BCUT2D eigenvalue weighted by Gasteiger charge is -2.26. The minimum atomic E-state index is -0.661. The van der Waals surface area contributed by atoms with Crippen LogP contribution in [0.3, 0.4) is 0 Å². The van der Waals surface area contributed by atoms with Crippen molar-refractivity contribution in [3.05, 3.63) is 35.4 Å². The van der Waals surface area contributed by atoms with Gasteiger partial charge in [-0.25, -0.2) is 8.78 Å². The van der Waals surface area contributed by atoms with Crippen molar-refractivity contribution in [3.63, 3.8) is 0 Å². The van der Waals surface area contributed by atoms with Crippen molar-refractivity contribution in [2.24, 2.45) is 5.73 Å². The lowest BCUT2D eigenvalue weighted by atomic mass is 9.91. The Balaban J connectivity index is 1.87. The molecule has 3 N–H and O–H groups in total. The second kappa shape index (κ2) is 6.10. The van der Waals surface area contributed by atoms with Gasteiger partial charge in [0.05, 0.1) is 6.42 Å². The van der Waals surface area contributed by atoms with Crippen LogP contribution in [0.1, 0.15) is 31.2 Å². The highest BCUT2D eigenvalue weighted by Crippen LogP contribution is 2.17. The summed E-state index contributed by atoms with van der Waals surface area (Å²) < 4.78 is 26.0. The smallest absolute Gasteiger partial charge is 0.224 e. The summed E-state index contributed by atoms with van der Waals surface area (Å²) in [4.78, 5) is 11.8. The lowest BCUT2D eigenvalue weighted by Crippen LogP contribution is -2.41. The molecule has 1 aliphatic rings. The first-order valence-corrected chi connectivity index (χ1v) is 6.53. The van der Waals surface area contributed by atoms with Crippen LogP contribution in [0.15, 0.2) is 18.2 Å². The molecule has 5 heteroatoms. The van der Waals surface area contributed by atoms with Crippen LogP contribution in [0, 0.1) is 11.6 Å². The van der Waals surface area contributed by atoms with Crippen LogP contribution < -0.4 is 11.1 Å². The number of rotatable bonds is 3.